The summed E-state index contributed by atoms with van der Waals surface area (Å²) in [6, 6.07) is 18.1. The number of nitrogens with zero attached hydrogens (tertiary/aromatic N) is 1. The Labute approximate surface area is 138 Å². The van der Waals surface area contributed by atoms with Crippen LogP contribution in [0, 0.1) is 0 Å². The fourth-order valence-corrected chi connectivity index (χ4v) is 2.45. The molecule has 0 radical (unpaired) electrons. The summed E-state index contributed by atoms with van der Waals surface area (Å²) in [5.74, 6) is -0.689. The molecule has 5 heteroatoms. The molecule has 4 nitrogen and oxygen atoms in total. The average Bonchev–Trinajstić information content (AvgIpc) is 2.55. The number of rotatable bonds is 3. The summed E-state index contributed by atoms with van der Waals surface area (Å²) in [5.41, 5.74) is 3.41. The standard InChI is InChI=1S/C18H13ClN2O2/c19-14-8-9-16(17(22)10-14)18(23)21-20-11-13-6-3-5-12-4-1-2-7-15(12)13/h1-11,22H,(H,21,23). The van der Waals surface area contributed by atoms with Gasteiger partial charge in [-0.2, -0.15) is 5.10 Å². The number of hydrogen-bond donors (Lipinski definition) is 2. The van der Waals surface area contributed by atoms with E-state index in [4.69, 9.17) is 11.6 Å². The van der Waals surface area contributed by atoms with Crippen molar-refractivity contribution in [3.05, 3.63) is 76.8 Å². The molecule has 0 aliphatic carbocycles. The number of hydrogen-bond acceptors (Lipinski definition) is 3. The van der Waals surface area contributed by atoms with E-state index in [1.807, 2.05) is 42.5 Å². The molecule has 114 valence electrons. The first-order chi connectivity index (χ1) is 11.1. The van der Waals surface area contributed by atoms with Gasteiger partial charge >= 0.3 is 0 Å². The van der Waals surface area contributed by atoms with Crippen LogP contribution in [0.25, 0.3) is 10.8 Å². The number of hydrazone groups is 1. The number of amides is 1. The van der Waals surface area contributed by atoms with Crippen molar-refractivity contribution in [2.75, 3.05) is 0 Å². The van der Waals surface area contributed by atoms with Crippen LogP contribution in [0.1, 0.15) is 15.9 Å². The van der Waals surface area contributed by atoms with Gasteiger partial charge < -0.3 is 5.11 Å². The average molecular weight is 325 g/mol. The number of carbonyl (C=O) groups is 1. The third-order valence-corrected chi connectivity index (χ3v) is 3.63. The Bertz CT molecular complexity index is 901. The number of phenols is 1. The molecule has 0 aliphatic rings. The molecule has 0 fully saturated rings. The molecule has 0 aliphatic heterocycles. The molecule has 0 bridgehead atoms. The van der Waals surface area contributed by atoms with Gasteiger partial charge in [-0.1, -0.05) is 54.1 Å². The second-order valence-corrected chi connectivity index (χ2v) is 5.37. The number of carbonyl (C=O) groups excluding carboxylic acids is 1. The van der Waals surface area contributed by atoms with Gasteiger partial charge in [-0.05, 0) is 29.0 Å². The minimum Gasteiger partial charge on any atom is -0.507 e. The Morgan fingerprint density at radius 2 is 1.87 bits per heavy atom. The van der Waals surface area contributed by atoms with E-state index in [2.05, 4.69) is 10.5 Å². The third kappa shape index (κ3) is 3.33. The Morgan fingerprint density at radius 1 is 1.09 bits per heavy atom. The van der Waals surface area contributed by atoms with Crippen molar-refractivity contribution >= 4 is 34.5 Å². The van der Waals surface area contributed by atoms with Crippen LogP contribution in [0.2, 0.25) is 5.02 Å². The van der Waals surface area contributed by atoms with Crippen molar-refractivity contribution in [2.45, 2.75) is 0 Å². The zero-order chi connectivity index (χ0) is 16.2. The summed E-state index contributed by atoms with van der Waals surface area (Å²) >= 11 is 5.74. The van der Waals surface area contributed by atoms with Crippen molar-refractivity contribution in [2.24, 2.45) is 5.10 Å². The fraction of sp³-hybridized carbons (Fsp3) is 0. The van der Waals surface area contributed by atoms with Crippen LogP contribution in [0.4, 0.5) is 0 Å². The van der Waals surface area contributed by atoms with Crippen LogP contribution in [-0.4, -0.2) is 17.2 Å². The van der Waals surface area contributed by atoms with Crippen molar-refractivity contribution in [3.63, 3.8) is 0 Å². The molecule has 0 saturated heterocycles. The molecule has 0 atom stereocenters. The first-order valence-electron chi connectivity index (χ1n) is 6.95. The Hall–Kier alpha value is -2.85. The highest BCUT2D eigenvalue weighted by atomic mass is 35.5. The number of benzene rings is 3. The lowest BCUT2D eigenvalue weighted by molar-refractivity contribution is 0.0952. The molecule has 1 amide bonds. The van der Waals surface area contributed by atoms with Crippen molar-refractivity contribution < 1.29 is 9.90 Å². The van der Waals surface area contributed by atoms with Crippen molar-refractivity contribution in [1.82, 2.24) is 5.43 Å². The molecular weight excluding hydrogens is 312 g/mol. The first-order valence-corrected chi connectivity index (χ1v) is 7.32. The van der Waals surface area contributed by atoms with Crippen LogP contribution < -0.4 is 5.43 Å². The summed E-state index contributed by atoms with van der Waals surface area (Å²) in [6.07, 6.45) is 1.58. The molecule has 2 N–H and O–H groups in total. The molecule has 3 aromatic carbocycles. The van der Waals surface area contributed by atoms with E-state index in [1.54, 1.807) is 6.21 Å². The maximum Gasteiger partial charge on any atom is 0.275 e. The largest absolute Gasteiger partial charge is 0.507 e. The molecule has 3 rings (SSSR count). The van der Waals surface area contributed by atoms with E-state index in [1.165, 1.54) is 18.2 Å². The topological polar surface area (TPSA) is 61.7 Å². The summed E-state index contributed by atoms with van der Waals surface area (Å²) in [7, 11) is 0. The molecule has 0 aromatic heterocycles. The predicted molar refractivity (Wildman–Crippen MR) is 92.1 cm³/mol. The van der Waals surface area contributed by atoms with Gasteiger partial charge in [0, 0.05) is 10.6 Å². The van der Waals surface area contributed by atoms with Gasteiger partial charge in [0.25, 0.3) is 5.91 Å². The smallest absolute Gasteiger partial charge is 0.275 e. The zero-order valence-corrected chi connectivity index (χ0v) is 12.8. The van der Waals surface area contributed by atoms with Gasteiger partial charge in [-0.25, -0.2) is 5.43 Å². The minimum atomic E-state index is -0.504. The van der Waals surface area contributed by atoms with E-state index in [-0.39, 0.29) is 11.3 Å². The lowest BCUT2D eigenvalue weighted by Gasteiger charge is -2.04. The van der Waals surface area contributed by atoms with Gasteiger partial charge in [0.15, 0.2) is 0 Å². The number of phenolic OH excluding ortho intramolecular Hbond substituents is 1. The number of aromatic hydroxyl groups is 1. The Kier molecular flexibility index (Phi) is 4.26. The number of nitrogens with one attached hydrogen (secondary N) is 1. The summed E-state index contributed by atoms with van der Waals surface area (Å²) in [5, 5.41) is 16.2. The van der Waals surface area contributed by atoms with Gasteiger partial charge in [0.2, 0.25) is 0 Å². The third-order valence-electron chi connectivity index (χ3n) is 3.40. The summed E-state index contributed by atoms with van der Waals surface area (Å²) in [4.78, 5) is 12.0. The highest BCUT2D eigenvalue weighted by Crippen LogP contribution is 2.21. The van der Waals surface area contributed by atoms with Gasteiger partial charge in [-0.3, -0.25) is 4.79 Å². The minimum absolute atomic E-state index is 0.115. The summed E-state index contributed by atoms with van der Waals surface area (Å²) in [6.45, 7) is 0. The van der Waals surface area contributed by atoms with Crippen LogP contribution in [-0.2, 0) is 0 Å². The zero-order valence-electron chi connectivity index (χ0n) is 12.0. The summed E-state index contributed by atoms with van der Waals surface area (Å²) < 4.78 is 0. The molecule has 0 unspecified atom stereocenters. The normalized spacial score (nSPS) is 11.0. The van der Waals surface area contributed by atoms with Crippen LogP contribution in [0.5, 0.6) is 5.75 Å². The van der Waals surface area contributed by atoms with E-state index >= 15 is 0 Å². The predicted octanol–water partition coefficient (Wildman–Crippen LogP) is 3.96. The lowest BCUT2D eigenvalue weighted by atomic mass is 10.1. The van der Waals surface area contributed by atoms with Gasteiger partial charge in [0.05, 0.1) is 11.8 Å². The molecular formula is C18H13ClN2O2. The lowest BCUT2D eigenvalue weighted by Crippen LogP contribution is -2.17. The fourth-order valence-electron chi connectivity index (χ4n) is 2.28. The van der Waals surface area contributed by atoms with Crippen LogP contribution >= 0.6 is 11.6 Å². The Morgan fingerprint density at radius 3 is 2.70 bits per heavy atom. The van der Waals surface area contributed by atoms with Gasteiger partial charge in [0.1, 0.15) is 5.75 Å². The monoisotopic (exact) mass is 324 g/mol. The van der Waals surface area contributed by atoms with Crippen molar-refractivity contribution in [3.8, 4) is 5.75 Å². The SMILES string of the molecule is O=C(NN=Cc1cccc2ccccc12)c1ccc(Cl)cc1O. The highest BCUT2D eigenvalue weighted by Gasteiger charge is 2.10. The second-order valence-electron chi connectivity index (χ2n) is 4.93. The molecule has 0 heterocycles. The van der Waals surface area contributed by atoms with E-state index in [0.717, 1.165) is 16.3 Å². The van der Waals surface area contributed by atoms with Crippen LogP contribution in [0.15, 0.2) is 65.8 Å². The Balaban J connectivity index is 1.79. The van der Waals surface area contributed by atoms with Crippen LogP contribution in [0.3, 0.4) is 0 Å². The van der Waals surface area contributed by atoms with E-state index in [0.29, 0.717) is 5.02 Å². The quantitative estimate of drug-likeness (QED) is 0.566. The highest BCUT2D eigenvalue weighted by molar-refractivity contribution is 6.30. The van der Waals surface area contributed by atoms with Gasteiger partial charge in [-0.15, -0.1) is 0 Å². The number of fused-ring (bicyclic) bond motifs is 1. The second kappa shape index (κ2) is 6.50. The number of halogens is 1. The van der Waals surface area contributed by atoms with E-state index in [9.17, 15) is 9.90 Å². The van der Waals surface area contributed by atoms with Crippen molar-refractivity contribution in [1.29, 1.82) is 0 Å². The maximum atomic E-state index is 12.0. The maximum absolute atomic E-state index is 12.0. The molecule has 0 spiro atoms. The molecule has 3 aromatic rings. The molecule has 23 heavy (non-hydrogen) atoms. The van der Waals surface area contributed by atoms with E-state index < -0.39 is 5.91 Å². The molecule has 0 saturated carbocycles. The first kappa shape index (κ1) is 15.1.